The zero-order valence-electron chi connectivity index (χ0n) is 14.0. The molecule has 0 amide bonds. The van der Waals surface area contributed by atoms with Crippen LogP contribution in [0.4, 0.5) is 0 Å². The predicted molar refractivity (Wildman–Crippen MR) is 96.4 cm³/mol. The van der Waals surface area contributed by atoms with Gasteiger partial charge in [-0.2, -0.15) is 5.26 Å². The lowest BCUT2D eigenvalue weighted by atomic mass is 10.2. The van der Waals surface area contributed by atoms with E-state index in [0.717, 1.165) is 22.6 Å². The summed E-state index contributed by atoms with van der Waals surface area (Å²) in [7, 11) is 0. The zero-order valence-corrected chi connectivity index (χ0v) is 14.0. The summed E-state index contributed by atoms with van der Waals surface area (Å²) in [6, 6.07) is 21.5. The second-order valence-corrected chi connectivity index (χ2v) is 5.52. The first-order chi connectivity index (χ1) is 12.3. The molecule has 0 saturated heterocycles. The number of aromatic nitrogens is 1. The van der Waals surface area contributed by atoms with Crippen molar-refractivity contribution in [1.29, 1.82) is 5.26 Å². The molecular weight excluding hydrogens is 312 g/mol. The van der Waals surface area contributed by atoms with E-state index < -0.39 is 0 Å². The van der Waals surface area contributed by atoms with Crippen molar-refractivity contribution in [3.05, 3.63) is 83.4 Å². The number of benzene rings is 2. The Hall–Kier alpha value is -3.32. The first-order valence-electron chi connectivity index (χ1n) is 8.07. The Morgan fingerprint density at radius 1 is 1.12 bits per heavy atom. The Morgan fingerprint density at radius 3 is 2.48 bits per heavy atom. The molecule has 124 valence electrons. The molecule has 0 saturated carbocycles. The first kappa shape index (κ1) is 16.5. The smallest absolute Gasteiger partial charge is 0.226 e. The minimum atomic E-state index is 0.288. The normalized spacial score (nSPS) is 11.1. The molecule has 0 radical (unpaired) electrons. The molecule has 25 heavy (non-hydrogen) atoms. The van der Waals surface area contributed by atoms with E-state index in [9.17, 15) is 5.26 Å². The fourth-order valence-corrected chi connectivity index (χ4v) is 2.43. The van der Waals surface area contributed by atoms with Crippen LogP contribution in [0.2, 0.25) is 0 Å². The summed E-state index contributed by atoms with van der Waals surface area (Å²) in [5.74, 6) is 1.66. The summed E-state index contributed by atoms with van der Waals surface area (Å²) in [6.45, 7) is 2.26. The summed E-state index contributed by atoms with van der Waals surface area (Å²) in [4.78, 5) is 4.54. The van der Waals surface area contributed by atoms with Crippen molar-refractivity contribution in [2.24, 2.45) is 0 Å². The van der Waals surface area contributed by atoms with Gasteiger partial charge in [0.2, 0.25) is 5.89 Å². The molecule has 1 aromatic heterocycles. The number of rotatable bonds is 6. The largest absolute Gasteiger partial charge is 0.483 e. The van der Waals surface area contributed by atoms with Crippen LogP contribution in [0.25, 0.3) is 17.5 Å². The second-order valence-electron chi connectivity index (χ2n) is 5.52. The molecule has 0 aliphatic rings. The lowest BCUT2D eigenvalue weighted by Crippen LogP contribution is -1.99. The number of hydrogen-bond donors (Lipinski definition) is 0. The maximum absolute atomic E-state index is 9.21. The summed E-state index contributed by atoms with van der Waals surface area (Å²) < 4.78 is 11.3. The van der Waals surface area contributed by atoms with Crippen molar-refractivity contribution in [1.82, 2.24) is 4.98 Å². The molecule has 3 rings (SSSR count). The van der Waals surface area contributed by atoms with Gasteiger partial charge < -0.3 is 9.15 Å². The average Bonchev–Trinajstić information content (AvgIpc) is 3.03. The van der Waals surface area contributed by atoms with E-state index in [4.69, 9.17) is 9.15 Å². The van der Waals surface area contributed by atoms with Crippen molar-refractivity contribution >= 4 is 6.08 Å². The van der Waals surface area contributed by atoms with E-state index in [-0.39, 0.29) is 5.76 Å². The quantitative estimate of drug-likeness (QED) is 0.482. The third kappa shape index (κ3) is 4.36. The molecule has 0 aliphatic heterocycles. The molecule has 0 bridgehead atoms. The Kier molecular flexibility index (Phi) is 5.28. The molecule has 4 nitrogen and oxygen atoms in total. The number of nitriles is 1. The summed E-state index contributed by atoms with van der Waals surface area (Å²) in [5.41, 5.74) is 2.72. The average molecular weight is 330 g/mol. The van der Waals surface area contributed by atoms with Crippen LogP contribution in [-0.2, 0) is 11.2 Å². The molecule has 0 spiro atoms. The Bertz CT molecular complexity index is 891. The summed E-state index contributed by atoms with van der Waals surface area (Å²) >= 11 is 0. The summed E-state index contributed by atoms with van der Waals surface area (Å²) in [6.07, 6.45) is 2.31. The van der Waals surface area contributed by atoms with Crippen molar-refractivity contribution in [3.63, 3.8) is 0 Å². The molecule has 1 heterocycles. The topological polar surface area (TPSA) is 59.1 Å². The third-order valence-electron chi connectivity index (χ3n) is 3.72. The number of aryl methyl sites for hydroxylation is 1. The first-order valence-corrected chi connectivity index (χ1v) is 8.07. The van der Waals surface area contributed by atoms with Crippen LogP contribution in [0.15, 0.2) is 70.8 Å². The zero-order chi connectivity index (χ0) is 17.5. The van der Waals surface area contributed by atoms with Gasteiger partial charge in [0.15, 0.2) is 5.76 Å². The van der Waals surface area contributed by atoms with Crippen LogP contribution in [0.5, 0.6) is 0 Å². The number of allylic oxidation sites excluding steroid dienone is 1. The van der Waals surface area contributed by atoms with Gasteiger partial charge in [-0.3, -0.25) is 0 Å². The minimum absolute atomic E-state index is 0.288. The fraction of sp³-hybridized carbons (Fsp3) is 0.143. The van der Waals surface area contributed by atoms with Crippen LogP contribution >= 0.6 is 0 Å². The number of ether oxygens (including phenoxy) is 1. The van der Waals surface area contributed by atoms with Crippen LogP contribution in [-0.4, -0.2) is 11.6 Å². The van der Waals surface area contributed by atoms with Crippen LogP contribution in [0.3, 0.4) is 0 Å². The van der Waals surface area contributed by atoms with Crippen LogP contribution < -0.4 is 0 Å². The monoisotopic (exact) mass is 330 g/mol. The van der Waals surface area contributed by atoms with Gasteiger partial charge in [0.1, 0.15) is 11.8 Å². The highest BCUT2D eigenvalue weighted by atomic mass is 16.5. The lowest BCUT2D eigenvalue weighted by Gasteiger charge is -2.03. The van der Waals surface area contributed by atoms with Gasteiger partial charge in [-0.25, -0.2) is 4.98 Å². The molecule has 3 aromatic rings. The van der Waals surface area contributed by atoms with Gasteiger partial charge in [0.25, 0.3) is 0 Å². The maximum atomic E-state index is 9.21. The van der Waals surface area contributed by atoms with E-state index in [1.165, 1.54) is 0 Å². The Morgan fingerprint density at radius 2 is 1.80 bits per heavy atom. The molecule has 0 aliphatic carbocycles. The number of oxazole rings is 1. The molecule has 2 aromatic carbocycles. The van der Waals surface area contributed by atoms with E-state index in [2.05, 4.69) is 11.1 Å². The van der Waals surface area contributed by atoms with Crippen LogP contribution in [0, 0.1) is 18.3 Å². The van der Waals surface area contributed by atoms with E-state index in [0.29, 0.717) is 18.9 Å². The Labute approximate surface area is 147 Å². The number of nitrogens with zero attached hydrogens (tertiary/aromatic N) is 2. The van der Waals surface area contributed by atoms with E-state index in [1.54, 1.807) is 6.08 Å². The highest BCUT2D eigenvalue weighted by Crippen LogP contribution is 2.21. The van der Waals surface area contributed by atoms with Gasteiger partial charge >= 0.3 is 0 Å². The van der Waals surface area contributed by atoms with Crippen molar-refractivity contribution < 1.29 is 9.15 Å². The van der Waals surface area contributed by atoms with Gasteiger partial charge in [0, 0.05) is 12.0 Å². The molecule has 0 fully saturated rings. The standard InChI is InChI=1S/C21H18N2O2/c1-16-20(23-21(25-16)18-10-6-3-7-11-18)12-13-24-19(15-22)14-17-8-4-2-5-9-17/h2-11,14H,12-13H2,1H3. The van der Waals surface area contributed by atoms with Crippen molar-refractivity contribution in [3.8, 4) is 17.5 Å². The van der Waals surface area contributed by atoms with Gasteiger partial charge in [0.05, 0.1) is 12.3 Å². The predicted octanol–water partition coefficient (Wildman–Crippen LogP) is 4.77. The van der Waals surface area contributed by atoms with Gasteiger partial charge in [-0.05, 0) is 30.7 Å². The van der Waals surface area contributed by atoms with Gasteiger partial charge in [-0.15, -0.1) is 0 Å². The molecule has 0 unspecified atom stereocenters. The van der Waals surface area contributed by atoms with E-state index in [1.807, 2.05) is 67.6 Å². The minimum Gasteiger partial charge on any atom is -0.483 e. The third-order valence-corrected chi connectivity index (χ3v) is 3.72. The Balaban J connectivity index is 1.63. The summed E-state index contributed by atoms with van der Waals surface area (Å²) in [5, 5.41) is 9.21. The highest BCUT2D eigenvalue weighted by molar-refractivity contribution is 5.54. The van der Waals surface area contributed by atoms with Gasteiger partial charge in [-0.1, -0.05) is 48.5 Å². The molecule has 0 N–H and O–H groups in total. The fourth-order valence-electron chi connectivity index (χ4n) is 2.43. The molecular formula is C21H18N2O2. The van der Waals surface area contributed by atoms with Crippen molar-refractivity contribution in [2.75, 3.05) is 6.61 Å². The number of hydrogen-bond acceptors (Lipinski definition) is 4. The molecule has 0 atom stereocenters. The molecule has 4 heteroatoms. The SMILES string of the molecule is Cc1oc(-c2ccccc2)nc1CCOC(C#N)=Cc1ccccc1. The van der Waals surface area contributed by atoms with Crippen molar-refractivity contribution in [2.45, 2.75) is 13.3 Å². The van der Waals surface area contributed by atoms with Crippen LogP contribution in [0.1, 0.15) is 17.0 Å². The lowest BCUT2D eigenvalue weighted by molar-refractivity contribution is 0.232. The second kappa shape index (κ2) is 7.98. The maximum Gasteiger partial charge on any atom is 0.226 e. The highest BCUT2D eigenvalue weighted by Gasteiger charge is 2.11. The van der Waals surface area contributed by atoms with E-state index >= 15 is 0 Å².